The Hall–Kier alpha value is -1.32. The number of carbonyl (C=O) groups is 1. The van der Waals surface area contributed by atoms with E-state index in [4.69, 9.17) is 14.2 Å². The van der Waals surface area contributed by atoms with Crippen molar-refractivity contribution >= 4 is 5.91 Å². The lowest BCUT2D eigenvalue weighted by Crippen LogP contribution is -2.65. The molecule has 3 N–H and O–H groups in total. The molecule has 0 aliphatic carbocycles. The molecule has 174 valence electrons. The van der Waals surface area contributed by atoms with Crippen LogP contribution in [0, 0.1) is 11.3 Å². The SMILES string of the molecule is CC1(C)O[C@@H]2[C@@H](CO[C@](O)(CN3CCC[C@H](NCC(=O)N4CCC[C@H]4C#N)C3)[C@H]2O)O1. The number of carbonyl (C=O) groups excluding carboxylic acids is 1. The number of nitriles is 1. The van der Waals surface area contributed by atoms with Gasteiger partial charge in [0.05, 0.1) is 25.8 Å². The van der Waals surface area contributed by atoms with Crippen LogP contribution in [-0.4, -0.2) is 107 Å². The van der Waals surface area contributed by atoms with Crippen molar-refractivity contribution in [2.24, 2.45) is 0 Å². The molecule has 0 saturated carbocycles. The fourth-order valence-corrected chi connectivity index (χ4v) is 5.19. The largest absolute Gasteiger partial charge is 0.385 e. The fraction of sp³-hybridized carbons (Fsp3) is 0.905. The number of aliphatic hydroxyl groups excluding tert-OH is 1. The predicted octanol–water partition coefficient (Wildman–Crippen LogP) is -0.845. The molecule has 4 saturated heterocycles. The maximum atomic E-state index is 12.5. The van der Waals surface area contributed by atoms with E-state index in [-0.39, 0.29) is 37.7 Å². The minimum absolute atomic E-state index is 0.0436. The Morgan fingerprint density at radius 1 is 1.26 bits per heavy atom. The molecule has 0 aromatic carbocycles. The van der Waals surface area contributed by atoms with Crippen molar-refractivity contribution in [3.63, 3.8) is 0 Å². The minimum Gasteiger partial charge on any atom is -0.385 e. The lowest BCUT2D eigenvalue weighted by molar-refractivity contribution is -0.312. The summed E-state index contributed by atoms with van der Waals surface area (Å²) in [7, 11) is 0. The van der Waals surface area contributed by atoms with Gasteiger partial charge in [0.1, 0.15) is 24.4 Å². The van der Waals surface area contributed by atoms with Crippen molar-refractivity contribution in [3.05, 3.63) is 0 Å². The second kappa shape index (κ2) is 8.90. The van der Waals surface area contributed by atoms with Crippen molar-refractivity contribution in [3.8, 4) is 6.07 Å². The van der Waals surface area contributed by atoms with Crippen LogP contribution < -0.4 is 5.32 Å². The fourth-order valence-electron chi connectivity index (χ4n) is 5.19. The van der Waals surface area contributed by atoms with Gasteiger partial charge in [0.15, 0.2) is 5.79 Å². The molecule has 0 bridgehead atoms. The third kappa shape index (κ3) is 4.88. The Kier molecular flexibility index (Phi) is 6.57. The molecule has 10 nitrogen and oxygen atoms in total. The molecular formula is C21H34N4O6. The number of amides is 1. The Morgan fingerprint density at radius 3 is 2.81 bits per heavy atom. The van der Waals surface area contributed by atoms with Gasteiger partial charge in [-0.05, 0) is 46.1 Å². The molecule has 31 heavy (non-hydrogen) atoms. The molecule has 0 unspecified atom stereocenters. The lowest BCUT2D eigenvalue weighted by Gasteiger charge is -2.45. The summed E-state index contributed by atoms with van der Waals surface area (Å²) in [6, 6.07) is 1.97. The molecule has 4 aliphatic heterocycles. The van der Waals surface area contributed by atoms with Crippen LogP contribution in [0.3, 0.4) is 0 Å². The first-order chi connectivity index (χ1) is 14.7. The van der Waals surface area contributed by atoms with Gasteiger partial charge in [-0.2, -0.15) is 5.26 Å². The van der Waals surface area contributed by atoms with Crippen molar-refractivity contribution in [2.75, 3.05) is 39.3 Å². The van der Waals surface area contributed by atoms with Crippen molar-refractivity contribution in [1.82, 2.24) is 15.1 Å². The summed E-state index contributed by atoms with van der Waals surface area (Å²) in [4.78, 5) is 16.2. The molecule has 4 aliphatic rings. The molecule has 6 atom stereocenters. The van der Waals surface area contributed by atoms with E-state index >= 15 is 0 Å². The zero-order valence-corrected chi connectivity index (χ0v) is 18.3. The maximum absolute atomic E-state index is 12.5. The number of piperidine rings is 1. The Balaban J connectivity index is 1.29. The van der Waals surface area contributed by atoms with Crippen LogP contribution >= 0.6 is 0 Å². The number of likely N-dealkylation sites (tertiary alicyclic amines) is 2. The van der Waals surface area contributed by atoms with Gasteiger partial charge in [-0.1, -0.05) is 0 Å². The average Bonchev–Trinajstić information content (AvgIpc) is 3.33. The number of hydrogen-bond donors (Lipinski definition) is 3. The van der Waals surface area contributed by atoms with Crippen molar-refractivity contribution < 1.29 is 29.2 Å². The normalized spacial score (nSPS) is 40.5. The van der Waals surface area contributed by atoms with Gasteiger partial charge >= 0.3 is 0 Å². The van der Waals surface area contributed by atoms with Crippen LogP contribution in [0.15, 0.2) is 0 Å². The second-order valence-electron chi connectivity index (χ2n) is 9.57. The monoisotopic (exact) mass is 438 g/mol. The summed E-state index contributed by atoms with van der Waals surface area (Å²) >= 11 is 0. The highest BCUT2D eigenvalue weighted by atomic mass is 16.8. The highest BCUT2D eigenvalue weighted by molar-refractivity contribution is 5.79. The molecule has 0 aromatic heterocycles. The van der Waals surface area contributed by atoms with E-state index < -0.39 is 29.9 Å². The molecule has 4 fully saturated rings. The highest BCUT2D eigenvalue weighted by Crippen LogP contribution is 2.37. The van der Waals surface area contributed by atoms with E-state index in [2.05, 4.69) is 11.4 Å². The Bertz CT molecular complexity index is 714. The number of hydrogen-bond acceptors (Lipinski definition) is 9. The molecular weight excluding hydrogens is 404 g/mol. The van der Waals surface area contributed by atoms with E-state index in [1.54, 1.807) is 18.7 Å². The number of fused-ring (bicyclic) bond motifs is 1. The summed E-state index contributed by atoms with van der Waals surface area (Å²) in [6.45, 7) is 6.10. The first kappa shape index (κ1) is 22.9. The van der Waals surface area contributed by atoms with Crippen LogP contribution in [0.5, 0.6) is 0 Å². The van der Waals surface area contributed by atoms with E-state index in [1.165, 1.54) is 0 Å². The summed E-state index contributed by atoms with van der Waals surface area (Å²) in [5.41, 5.74) is 0. The Labute approximate surface area is 183 Å². The molecule has 0 spiro atoms. The topological polar surface area (TPSA) is 128 Å². The number of nitrogens with zero attached hydrogens (tertiary/aromatic N) is 3. The molecule has 1 amide bonds. The van der Waals surface area contributed by atoms with E-state index in [9.17, 15) is 20.3 Å². The first-order valence-electron chi connectivity index (χ1n) is 11.3. The van der Waals surface area contributed by atoms with Crippen LogP contribution in [0.25, 0.3) is 0 Å². The van der Waals surface area contributed by atoms with Crippen LogP contribution in [0.2, 0.25) is 0 Å². The average molecular weight is 439 g/mol. The highest BCUT2D eigenvalue weighted by Gasteiger charge is 2.57. The molecule has 10 heteroatoms. The summed E-state index contributed by atoms with van der Waals surface area (Å²) < 4.78 is 17.2. The smallest absolute Gasteiger partial charge is 0.237 e. The van der Waals surface area contributed by atoms with Gasteiger partial charge in [0.25, 0.3) is 0 Å². The third-order valence-corrected chi connectivity index (χ3v) is 6.71. The zero-order chi connectivity index (χ0) is 22.2. The standard InChI is InChI=1S/C21H34N4O6/c1-20(2)30-16-12-29-21(28,19(27)18(16)31-20)13-24-7-3-5-14(11-24)23-10-17(26)25-8-4-6-15(25)9-22/h14-16,18-19,23,27-28H,3-8,10-13H2,1-2H3/t14-,15-,16+,18+,19-,21+/m0/s1. The summed E-state index contributed by atoms with van der Waals surface area (Å²) in [6.07, 6.45) is 1.17. The van der Waals surface area contributed by atoms with E-state index in [0.717, 1.165) is 32.2 Å². The summed E-state index contributed by atoms with van der Waals surface area (Å²) in [5.74, 6) is -2.60. The van der Waals surface area contributed by atoms with Gasteiger partial charge in [-0.3, -0.25) is 9.69 Å². The minimum atomic E-state index is -1.74. The van der Waals surface area contributed by atoms with Crippen LogP contribution in [-0.2, 0) is 19.0 Å². The van der Waals surface area contributed by atoms with E-state index in [1.807, 2.05) is 4.90 Å². The number of β-amino-alcohol motifs (C(OH)–C–C–N with tert-alkyl or cyclic N) is 1. The van der Waals surface area contributed by atoms with Gasteiger partial charge in [-0.15, -0.1) is 0 Å². The number of aliphatic hydroxyl groups is 2. The van der Waals surface area contributed by atoms with Gasteiger partial charge in [0, 0.05) is 19.1 Å². The molecule has 0 radical (unpaired) electrons. The Morgan fingerprint density at radius 2 is 2.03 bits per heavy atom. The third-order valence-electron chi connectivity index (χ3n) is 6.71. The number of rotatable bonds is 5. The zero-order valence-electron chi connectivity index (χ0n) is 18.3. The van der Waals surface area contributed by atoms with Gasteiger partial charge < -0.3 is 34.6 Å². The van der Waals surface area contributed by atoms with Gasteiger partial charge in [-0.25, -0.2) is 0 Å². The maximum Gasteiger partial charge on any atom is 0.237 e. The molecule has 0 aromatic rings. The lowest BCUT2D eigenvalue weighted by atomic mass is 9.95. The van der Waals surface area contributed by atoms with E-state index in [0.29, 0.717) is 13.1 Å². The quantitative estimate of drug-likeness (QED) is 0.503. The second-order valence-corrected chi connectivity index (χ2v) is 9.57. The van der Waals surface area contributed by atoms with Crippen molar-refractivity contribution in [1.29, 1.82) is 5.26 Å². The molecule has 4 rings (SSSR count). The van der Waals surface area contributed by atoms with Crippen LogP contribution in [0.1, 0.15) is 39.5 Å². The molecule has 4 heterocycles. The first-order valence-corrected chi connectivity index (χ1v) is 11.3. The van der Waals surface area contributed by atoms with Crippen LogP contribution in [0.4, 0.5) is 0 Å². The van der Waals surface area contributed by atoms with Gasteiger partial charge in [0.2, 0.25) is 11.7 Å². The number of ether oxygens (including phenoxy) is 3. The van der Waals surface area contributed by atoms with Crippen molar-refractivity contribution in [2.45, 2.75) is 81.5 Å². The number of nitrogens with one attached hydrogen (secondary N) is 1. The predicted molar refractivity (Wildman–Crippen MR) is 109 cm³/mol. The summed E-state index contributed by atoms with van der Waals surface area (Å²) in [5, 5.41) is 34.3.